The lowest BCUT2D eigenvalue weighted by molar-refractivity contribution is 0.0741. The molecule has 0 radical (unpaired) electrons. The number of pyridine rings is 1. The van der Waals surface area contributed by atoms with Crippen LogP contribution in [0, 0.1) is 17.0 Å². The molecule has 0 amide bonds. The number of hydrogen-bond acceptors (Lipinski definition) is 5. The molecule has 5 nitrogen and oxygen atoms in total. The summed E-state index contributed by atoms with van der Waals surface area (Å²) in [4.78, 5) is 26.9. The van der Waals surface area contributed by atoms with Crippen LogP contribution in [0.2, 0.25) is 0 Å². The maximum atomic E-state index is 15.0. The Morgan fingerprint density at radius 3 is 2.56 bits per heavy atom. The normalized spacial score (nSPS) is 20.6. The highest BCUT2D eigenvalue weighted by atomic mass is 32.2. The van der Waals surface area contributed by atoms with Crippen molar-refractivity contribution in [1.82, 2.24) is 4.68 Å². The zero-order valence-electron chi connectivity index (χ0n) is 18.3. The van der Waals surface area contributed by atoms with Gasteiger partial charge in [0, 0.05) is 35.0 Å². The van der Waals surface area contributed by atoms with E-state index in [4.69, 9.17) is 0 Å². The van der Waals surface area contributed by atoms with E-state index >= 15 is 4.39 Å². The van der Waals surface area contributed by atoms with Crippen LogP contribution in [0.3, 0.4) is 0 Å². The molecule has 1 spiro atoms. The number of aromatic hydroxyl groups is 1. The van der Waals surface area contributed by atoms with E-state index in [0.29, 0.717) is 24.9 Å². The summed E-state index contributed by atoms with van der Waals surface area (Å²) in [7, 11) is 0. The molecule has 2 aliphatic heterocycles. The van der Waals surface area contributed by atoms with Crippen molar-refractivity contribution in [3.05, 3.63) is 92.9 Å². The summed E-state index contributed by atoms with van der Waals surface area (Å²) in [5, 5.41) is 12.7. The van der Waals surface area contributed by atoms with Crippen molar-refractivity contribution < 1.29 is 18.7 Å². The molecule has 2 aromatic carbocycles. The number of carbonyl (C=O) groups excluding carboxylic acids is 1. The fraction of sp³-hybridized carbons (Fsp3) is 0.308. The van der Waals surface area contributed by atoms with Crippen molar-refractivity contribution >= 4 is 17.5 Å². The van der Waals surface area contributed by atoms with Crippen LogP contribution in [0.25, 0.3) is 0 Å². The third-order valence-electron chi connectivity index (χ3n) is 7.46. The Morgan fingerprint density at radius 2 is 1.76 bits per heavy atom. The van der Waals surface area contributed by atoms with Gasteiger partial charge in [-0.1, -0.05) is 37.1 Å². The van der Waals surface area contributed by atoms with E-state index in [1.54, 1.807) is 10.7 Å². The smallest absolute Gasteiger partial charge is 0.224 e. The Bertz CT molecular complexity index is 1400. The minimum absolute atomic E-state index is 0.0286. The van der Waals surface area contributed by atoms with Crippen molar-refractivity contribution in [3.8, 4) is 5.75 Å². The predicted molar refractivity (Wildman–Crippen MR) is 125 cm³/mol. The first-order chi connectivity index (χ1) is 16.4. The van der Waals surface area contributed by atoms with E-state index in [2.05, 4.69) is 0 Å². The highest BCUT2D eigenvalue weighted by Gasteiger charge is 2.50. The zero-order valence-corrected chi connectivity index (χ0v) is 19.1. The molecule has 34 heavy (non-hydrogen) atoms. The molecule has 1 N–H and O–H groups in total. The molecule has 0 bridgehead atoms. The lowest BCUT2D eigenvalue weighted by atomic mass is 9.77. The lowest BCUT2D eigenvalue weighted by Gasteiger charge is -2.46. The summed E-state index contributed by atoms with van der Waals surface area (Å²) in [6, 6.07) is 11.2. The van der Waals surface area contributed by atoms with Crippen molar-refractivity contribution in [1.29, 1.82) is 0 Å². The lowest BCUT2D eigenvalue weighted by Crippen LogP contribution is -2.55. The summed E-state index contributed by atoms with van der Waals surface area (Å²) < 4.78 is 30.8. The fourth-order valence-corrected chi connectivity index (χ4v) is 6.91. The van der Waals surface area contributed by atoms with E-state index in [0.717, 1.165) is 29.4 Å². The van der Waals surface area contributed by atoms with Gasteiger partial charge in [0.1, 0.15) is 0 Å². The molecule has 1 aliphatic carbocycles. The number of hydrogen-bond donors (Lipinski definition) is 1. The van der Waals surface area contributed by atoms with Gasteiger partial charge >= 0.3 is 0 Å². The average molecular weight is 481 g/mol. The van der Waals surface area contributed by atoms with Gasteiger partial charge in [0.2, 0.25) is 5.43 Å². The van der Waals surface area contributed by atoms with E-state index in [1.165, 1.54) is 24.0 Å². The zero-order chi connectivity index (χ0) is 23.6. The molecule has 0 unspecified atom stereocenters. The third kappa shape index (κ3) is 2.97. The minimum Gasteiger partial charge on any atom is -0.503 e. The topological polar surface area (TPSA) is 62.5 Å². The molecular formula is C26H22F2N2O3S. The number of rotatable bonds is 1. The molecule has 174 valence electrons. The van der Waals surface area contributed by atoms with Crippen molar-refractivity contribution in [2.24, 2.45) is 5.41 Å². The SMILES string of the molecule is O=C1c2c(O)c(=O)ccn2N([C@H]2c3ccccc3SCc3c2ccc(F)c3F)CC12CCCC2. The maximum absolute atomic E-state index is 15.0. The maximum Gasteiger partial charge on any atom is 0.224 e. The van der Waals surface area contributed by atoms with Gasteiger partial charge < -0.3 is 5.11 Å². The molecule has 3 heterocycles. The predicted octanol–water partition coefficient (Wildman–Crippen LogP) is 4.92. The van der Waals surface area contributed by atoms with Gasteiger partial charge in [-0.25, -0.2) is 8.78 Å². The minimum atomic E-state index is -0.896. The van der Waals surface area contributed by atoms with Crippen LogP contribution in [0.5, 0.6) is 5.75 Å². The number of Topliss-reactive ketones (excluding diaryl/α,β-unsaturated/α-hetero) is 1. The standard InChI is InChI=1S/C26H22F2N2O3S/c27-18-8-7-15-17(21(18)28)13-34-20-6-2-1-5-16(20)22(15)30-14-26(10-3-4-11-26)25(33)23-24(32)19(31)9-12-29(23)30/h1-2,5-9,12,22,32H,3-4,10-11,13-14H2/t22-/m1/s1. The summed E-state index contributed by atoms with van der Waals surface area (Å²) in [5.74, 6) is -2.28. The molecule has 3 aromatic rings. The van der Waals surface area contributed by atoms with Gasteiger partial charge in [0.25, 0.3) is 0 Å². The molecule has 3 aliphatic rings. The Morgan fingerprint density at radius 1 is 1.00 bits per heavy atom. The number of benzene rings is 2. The first kappa shape index (κ1) is 21.4. The van der Waals surface area contributed by atoms with Crippen molar-refractivity contribution in [3.63, 3.8) is 0 Å². The van der Waals surface area contributed by atoms with Crippen LogP contribution in [-0.4, -0.2) is 22.1 Å². The average Bonchev–Trinajstić information content (AvgIpc) is 3.24. The Kier molecular flexibility index (Phi) is 4.85. The van der Waals surface area contributed by atoms with Crippen LogP contribution >= 0.6 is 11.8 Å². The van der Waals surface area contributed by atoms with Crippen LogP contribution in [0.4, 0.5) is 8.78 Å². The Labute approximate surface area is 199 Å². The summed E-state index contributed by atoms with van der Waals surface area (Å²) in [5.41, 5.74) is 0.430. The first-order valence-electron chi connectivity index (χ1n) is 11.4. The largest absolute Gasteiger partial charge is 0.503 e. The Hall–Kier alpha value is -3.13. The number of aromatic nitrogens is 1. The second kappa shape index (κ2) is 7.70. The van der Waals surface area contributed by atoms with Gasteiger partial charge in [-0.2, -0.15) is 0 Å². The van der Waals surface area contributed by atoms with E-state index < -0.39 is 34.3 Å². The van der Waals surface area contributed by atoms with Gasteiger partial charge in [0.15, 0.2) is 28.9 Å². The molecule has 1 saturated carbocycles. The number of halogens is 2. The monoisotopic (exact) mass is 480 g/mol. The van der Waals surface area contributed by atoms with E-state index in [-0.39, 0.29) is 22.8 Å². The number of thioether (sulfide) groups is 1. The number of ketones is 1. The van der Waals surface area contributed by atoms with Crippen molar-refractivity contribution in [2.75, 3.05) is 11.6 Å². The molecule has 1 atom stereocenters. The third-order valence-corrected chi connectivity index (χ3v) is 8.58. The van der Waals surface area contributed by atoms with Crippen LogP contribution in [0.15, 0.2) is 58.4 Å². The van der Waals surface area contributed by atoms with Gasteiger partial charge in [0.05, 0.1) is 11.5 Å². The highest BCUT2D eigenvalue weighted by Crippen LogP contribution is 2.49. The molecule has 1 aromatic heterocycles. The van der Waals surface area contributed by atoms with Crippen molar-refractivity contribution in [2.45, 2.75) is 42.4 Å². The summed E-state index contributed by atoms with van der Waals surface area (Å²) in [6.07, 6.45) is 4.56. The number of nitrogens with zero attached hydrogens (tertiary/aromatic N) is 2. The van der Waals surface area contributed by atoms with E-state index in [1.807, 2.05) is 29.3 Å². The van der Waals surface area contributed by atoms with Crippen LogP contribution in [-0.2, 0) is 5.75 Å². The van der Waals surface area contributed by atoms with Gasteiger partial charge in [-0.3, -0.25) is 19.3 Å². The van der Waals surface area contributed by atoms with Crippen LogP contribution < -0.4 is 10.4 Å². The second-order valence-corrected chi connectivity index (χ2v) is 10.3. The van der Waals surface area contributed by atoms with Gasteiger partial charge in [-0.15, -0.1) is 11.8 Å². The van der Waals surface area contributed by atoms with E-state index in [9.17, 15) is 19.1 Å². The molecule has 0 saturated heterocycles. The van der Waals surface area contributed by atoms with Gasteiger partial charge in [-0.05, 0) is 36.1 Å². The molecular weight excluding hydrogens is 458 g/mol. The second-order valence-electron chi connectivity index (χ2n) is 9.29. The fourth-order valence-electron chi connectivity index (χ4n) is 5.79. The molecule has 6 rings (SSSR count). The quantitative estimate of drug-likeness (QED) is 0.536. The molecule has 1 fully saturated rings. The molecule has 8 heteroatoms. The summed E-state index contributed by atoms with van der Waals surface area (Å²) in [6.45, 7) is 0.350. The number of fused-ring (bicyclic) bond motifs is 3. The highest BCUT2D eigenvalue weighted by molar-refractivity contribution is 7.98. The first-order valence-corrected chi connectivity index (χ1v) is 12.3. The Balaban J connectivity index is 1.65. The van der Waals surface area contributed by atoms with Crippen LogP contribution in [0.1, 0.15) is 58.9 Å². The summed E-state index contributed by atoms with van der Waals surface area (Å²) >= 11 is 1.45. The number of carbonyl (C=O) groups is 1.